The zero-order chi connectivity index (χ0) is 20.8. The van der Waals surface area contributed by atoms with Crippen LogP contribution in [-0.2, 0) is 17.8 Å². The molecule has 30 heavy (non-hydrogen) atoms. The third-order valence-electron chi connectivity index (χ3n) is 5.33. The average Bonchev–Trinajstić information content (AvgIpc) is 3.20. The van der Waals surface area contributed by atoms with Crippen LogP contribution in [0.1, 0.15) is 24.8 Å². The molecular formula is C23H25FN4OS. The second kappa shape index (κ2) is 9.89. The Bertz CT molecular complexity index is 986. The summed E-state index contributed by atoms with van der Waals surface area (Å²) in [6, 6.07) is 16.7. The number of rotatable bonds is 7. The van der Waals surface area contributed by atoms with Crippen LogP contribution >= 0.6 is 11.8 Å². The van der Waals surface area contributed by atoms with Gasteiger partial charge in [-0.1, -0.05) is 54.2 Å². The Morgan fingerprint density at radius 2 is 1.70 bits per heavy atom. The first kappa shape index (κ1) is 20.6. The van der Waals surface area contributed by atoms with Gasteiger partial charge in [0.05, 0.1) is 11.3 Å². The highest BCUT2D eigenvalue weighted by atomic mass is 32.2. The zero-order valence-corrected chi connectivity index (χ0v) is 17.7. The fraction of sp³-hybridized carbons (Fsp3) is 0.348. The van der Waals surface area contributed by atoms with Crippen molar-refractivity contribution in [2.75, 3.05) is 18.8 Å². The molecule has 0 spiro atoms. The quantitative estimate of drug-likeness (QED) is 0.527. The molecule has 2 aromatic carbocycles. The number of carbonyl (C=O) groups excluding carboxylic acids is 1. The van der Waals surface area contributed by atoms with Crippen molar-refractivity contribution >= 4 is 17.7 Å². The molecule has 2 heterocycles. The van der Waals surface area contributed by atoms with Gasteiger partial charge in [-0.3, -0.25) is 4.79 Å². The number of hydrogen-bond acceptors (Lipinski definition) is 4. The van der Waals surface area contributed by atoms with E-state index >= 15 is 0 Å². The topological polar surface area (TPSA) is 51.0 Å². The number of hydrogen-bond donors (Lipinski definition) is 0. The van der Waals surface area contributed by atoms with Gasteiger partial charge in [0, 0.05) is 19.6 Å². The molecule has 1 fully saturated rings. The number of thioether (sulfide) groups is 1. The Kier molecular flexibility index (Phi) is 6.79. The van der Waals surface area contributed by atoms with Gasteiger partial charge in [0.25, 0.3) is 0 Å². The van der Waals surface area contributed by atoms with Crippen LogP contribution in [0.25, 0.3) is 11.4 Å². The van der Waals surface area contributed by atoms with E-state index in [0.717, 1.165) is 32.4 Å². The Hall–Kier alpha value is -2.67. The molecule has 156 valence electrons. The van der Waals surface area contributed by atoms with E-state index in [1.54, 1.807) is 18.2 Å². The number of likely N-dealkylation sites (tertiary alicyclic amines) is 1. The zero-order valence-electron chi connectivity index (χ0n) is 16.8. The van der Waals surface area contributed by atoms with Crippen molar-refractivity contribution in [1.29, 1.82) is 0 Å². The monoisotopic (exact) mass is 424 g/mol. The van der Waals surface area contributed by atoms with Crippen molar-refractivity contribution in [2.24, 2.45) is 0 Å². The van der Waals surface area contributed by atoms with Gasteiger partial charge in [-0.2, -0.15) is 0 Å². The van der Waals surface area contributed by atoms with Crippen LogP contribution in [-0.4, -0.2) is 44.4 Å². The molecule has 0 atom stereocenters. The molecule has 5 nitrogen and oxygen atoms in total. The highest BCUT2D eigenvalue weighted by molar-refractivity contribution is 7.99. The van der Waals surface area contributed by atoms with Gasteiger partial charge in [-0.15, -0.1) is 10.2 Å². The maximum Gasteiger partial charge on any atom is 0.233 e. The maximum absolute atomic E-state index is 14.4. The average molecular weight is 425 g/mol. The highest BCUT2D eigenvalue weighted by Crippen LogP contribution is 2.27. The van der Waals surface area contributed by atoms with E-state index in [-0.39, 0.29) is 11.7 Å². The van der Waals surface area contributed by atoms with E-state index in [1.165, 1.54) is 29.8 Å². The summed E-state index contributed by atoms with van der Waals surface area (Å²) in [4.78, 5) is 14.5. The third-order valence-corrected chi connectivity index (χ3v) is 6.28. The smallest absolute Gasteiger partial charge is 0.233 e. The number of piperidine rings is 1. The summed E-state index contributed by atoms with van der Waals surface area (Å²) in [5, 5.41) is 9.23. The lowest BCUT2D eigenvalue weighted by atomic mass is 10.1. The number of aromatic nitrogens is 3. The Morgan fingerprint density at radius 3 is 2.47 bits per heavy atom. The van der Waals surface area contributed by atoms with Crippen LogP contribution in [0.15, 0.2) is 59.8 Å². The Morgan fingerprint density at radius 1 is 0.967 bits per heavy atom. The number of halogens is 1. The fourth-order valence-corrected chi connectivity index (χ4v) is 4.55. The van der Waals surface area contributed by atoms with Crippen LogP contribution in [0.5, 0.6) is 0 Å². The summed E-state index contributed by atoms with van der Waals surface area (Å²) < 4.78 is 16.4. The van der Waals surface area contributed by atoms with Crippen molar-refractivity contribution in [3.63, 3.8) is 0 Å². The van der Waals surface area contributed by atoms with Crippen molar-refractivity contribution in [3.8, 4) is 11.4 Å². The van der Waals surface area contributed by atoms with Gasteiger partial charge in [0.2, 0.25) is 5.91 Å². The molecule has 1 aliphatic heterocycles. The molecule has 0 aliphatic carbocycles. The van der Waals surface area contributed by atoms with E-state index in [0.29, 0.717) is 28.8 Å². The van der Waals surface area contributed by atoms with Crippen molar-refractivity contribution in [2.45, 2.75) is 37.4 Å². The van der Waals surface area contributed by atoms with E-state index in [4.69, 9.17) is 0 Å². The maximum atomic E-state index is 14.4. The summed E-state index contributed by atoms with van der Waals surface area (Å²) in [6.07, 6.45) is 4.10. The lowest BCUT2D eigenvalue weighted by molar-refractivity contribution is -0.129. The SMILES string of the molecule is O=C(CSc1nnc(-c2ccccc2F)n1CCc1ccccc1)N1CCCCC1. The fourth-order valence-electron chi connectivity index (χ4n) is 3.69. The molecule has 4 rings (SSSR count). The van der Waals surface area contributed by atoms with Gasteiger partial charge in [-0.25, -0.2) is 4.39 Å². The van der Waals surface area contributed by atoms with Gasteiger partial charge in [-0.05, 0) is 43.4 Å². The lowest BCUT2D eigenvalue weighted by Gasteiger charge is -2.26. The van der Waals surface area contributed by atoms with Crippen molar-refractivity contribution < 1.29 is 9.18 Å². The molecule has 0 N–H and O–H groups in total. The summed E-state index contributed by atoms with van der Waals surface area (Å²) in [7, 11) is 0. The summed E-state index contributed by atoms with van der Waals surface area (Å²) in [5.74, 6) is 0.620. The largest absolute Gasteiger partial charge is 0.342 e. The highest BCUT2D eigenvalue weighted by Gasteiger charge is 2.20. The summed E-state index contributed by atoms with van der Waals surface area (Å²) in [6.45, 7) is 2.28. The van der Waals surface area contributed by atoms with Crippen LogP contribution in [0.3, 0.4) is 0 Å². The molecule has 1 aromatic heterocycles. The van der Waals surface area contributed by atoms with Gasteiger partial charge in [0.15, 0.2) is 11.0 Å². The lowest BCUT2D eigenvalue weighted by Crippen LogP contribution is -2.36. The van der Waals surface area contributed by atoms with Gasteiger partial charge in [0.1, 0.15) is 5.82 Å². The first-order valence-electron chi connectivity index (χ1n) is 10.3. The normalized spacial score (nSPS) is 14.1. The number of amides is 1. The predicted molar refractivity (Wildman–Crippen MR) is 117 cm³/mol. The van der Waals surface area contributed by atoms with E-state index in [9.17, 15) is 9.18 Å². The third kappa shape index (κ3) is 4.90. The molecule has 7 heteroatoms. The molecule has 0 saturated carbocycles. The van der Waals surface area contributed by atoms with E-state index in [2.05, 4.69) is 22.3 Å². The van der Waals surface area contributed by atoms with Crippen LogP contribution in [0.2, 0.25) is 0 Å². The number of carbonyl (C=O) groups is 1. The minimum Gasteiger partial charge on any atom is -0.342 e. The summed E-state index contributed by atoms with van der Waals surface area (Å²) >= 11 is 1.38. The van der Waals surface area contributed by atoms with Crippen LogP contribution in [0.4, 0.5) is 4.39 Å². The molecule has 0 unspecified atom stereocenters. The van der Waals surface area contributed by atoms with Gasteiger partial charge < -0.3 is 9.47 Å². The molecule has 1 aliphatic rings. The molecule has 3 aromatic rings. The first-order valence-corrected chi connectivity index (χ1v) is 11.3. The van der Waals surface area contributed by atoms with Gasteiger partial charge >= 0.3 is 0 Å². The molecule has 0 radical (unpaired) electrons. The molecule has 1 saturated heterocycles. The Balaban J connectivity index is 1.54. The molecule has 0 bridgehead atoms. The van der Waals surface area contributed by atoms with Crippen molar-refractivity contribution in [3.05, 3.63) is 66.0 Å². The van der Waals surface area contributed by atoms with E-state index < -0.39 is 0 Å². The molecular weight excluding hydrogens is 399 g/mol. The van der Waals surface area contributed by atoms with E-state index in [1.807, 2.05) is 27.7 Å². The minimum absolute atomic E-state index is 0.129. The summed E-state index contributed by atoms with van der Waals surface area (Å²) in [5.41, 5.74) is 1.61. The number of benzene rings is 2. The second-order valence-electron chi connectivity index (χ2n) is 7.40. The first-order chi connectivity index (χ1) is 14.7. The number of aryl methyl sites for hydroxylation is 1. The standard InChI is InChI=1S/C23H25FN4OS/c24-20-12-6-5-11-19(20)22-25-26-23(28(22)16-13-18-9-3-1-4-10-18)30-17-21(29)27-14-7-2-8-15-27/h1,3-6,9-12H,2,7-8,13-17H2. The Labute approximate surface area is 180 Å². The second-order valence-corrected chi connectivity index (χ2v) is 8.35. The predicted octanol–water partition coefficient (Wildman–Crippen LogP) is 4.43. The van der Waals surface area contributed by atoms with Crippen molar-refractivity contribution in [1.82, 2.24) is 19.7 Å². The minimum atomic E-state index is -0.327. The van der Waals surface area contributed by atoms with Crippen LogP contribution in [0, 0.1) is 5.82 Å². The number of nitrogens with zero attached hydrogens (tertiary/aromatic N) is 4. The van der Waals surface area contributed by atoms with Crippen LogP contribution < -0.4 is 0 Å². The molecule has 1 amide bonds.